The number of pyridine rings is 1. The largest absolute Gasteiger partial charge is 0.504 e. The average molecular weight is 223 g/mol. The van der Waals surface area contributed by atoms with Crippen molar-refractivity contribution < 1.29 is 9.90 Å². The van der Waals surface area contributed by atoms with Crippen LogP contribution in [0.5, 0.6) is 5.75 Å². The first-order chi connectivity index (χ1) is 7.32. The molecule has 1 amide bonds. The van der Waals surface area contributed by atoms with Crippen LogP contribution in [0.2, 0.25) is 0 Å². The number of nitrogens with one attached hydrogen (secondary N) is 1. The predicted octanol–water partition coefficient (Wildman–Crippen LogP) is 1.10. The summed E-state index contributed by atoms with van der Waals surface area (Å²) in [4.78, 5) is 15.6. The van der Waals surface area contributed by atoms with Crippen LogP contribution in [0, 0.1) is 5.41 Å². The van der Waals surface area contributed by atoms with Crippen molar-refractivity contribution in [1.29, 1.82) is 0 Å². The van der Waals surface area contributed by atoms with Crippen LogP contribution in [-0.2, 0) is 4.79 Å². The molecule has 1 aromatic heterocycles. The number of nitrogens with two attached hydrogens (primary N) is 1. The second kappa shape index (κ2) is 4.49. The van der Waals surface area contributed by atoms with Gasteiger partial charge in [-0.3, -0.25) is 4.79 Å². The first-order valence-electron chi connectivity index (χ1n) is 5.03. The van der Waals surface area contributed by atoms with E-state index in [4.69, 9.17) is 5.73 Å². The number of aromatic hydroxyl groups is 1. The molecule has 5 nitrogen and oxygen atoms in total. The van der Waals surface area contributed by atoms with Crippen LogP contribution >= 0.6 is 0 Å². The van der Waals surface area contributed by atoms with E-state index in [2.05, 4.69) is 10.3 Å². The van der Waals surface area contributed by atoms with E-state index in [-0.39, 0.29) is 22.9 Å². The molecule has 0 fully saturated rings. The Morgan fingerprint density at radius 3 is 2.69 bits per heavy atom. The minimum atomic E-state index is -0.658. The third-order valence-corrected chi connectivity index (χ3v) is 2.24. The zero-order valence-corrected chi connectivity index (χ0v) is 9.69. The van der Waals surface area contributed by atoms with Crippen LogP contribution in [0.15, 0.2) is 18.3 Å². The molecule has 0 bridgehead atoms. The van der Waals surface area contributed by atoms with Crippen molar-refractivity contribution in [2.45, 2.75) is 26.8 Å². The van der Waals surface area contributed by atoms with Crippen LogP contribution in [0.1, 0.15) is 20.8 Å². The summed E-state index contributed by atoms with van der Waals surface area (Å²) in [6.07, 6.45) is 1.48. The molecule has 1 aromatic rings. The standard InChI is InChI=1S/C11H17N3O2/c1-11(2,3)8(12)10(16)14-9-7(15)5-4-6-13-9/h4-6,8,15H,12H2,1-3H3,(H,13,14,16)/t8-/m1/s1. The molecule has 0 aliphatic carbocycles. The molecule has 16 heavy (non-hydrogen) atoms. The Morgan fingerprint density at radius 1 is 1.56 bits per heavy atom. The van der Waals surface area contributed by atoms with Gasteiger partial charge in [0.05, 0.1) is 6.04 Å². The van der Waals surface area contributed by atoms with Crippen molar-refractivity contribution >= 4 is 11.7 Å². The first kappa shape index (κ1) is 12.4. The van der Waals surface area contributed by atoms with E-state index < -0.39 is 6.04 Å². The van der Waals surface area contributed by atoms with Gasteiger partial charge in [-0.1, -0.05) is 20.8 Å². The molecule has 0 unspecified atom stereocenters. The Kier molecular flexibility index (Phi) is 3.49. The van der Waals surface area contributed by atoms with E-state index >= 15 is 0 Å². The lowest BCUT2D eigenvalue weighted by Crippen LogP contribution is -2.45. The molecule has 0 saturated heterocycles. The van der Waals surface area contributed by atoms with Crippen molar-refractivity contribution in [2.75, 3.05) is 5.32 Å². The van der Waals surface area contributed by atoms with Crippen molar-refractivity contribution in [3.8, 4) is 5.75 Å². The summed E-state index contributed by atoms with van der Waals surface area (Å²) < 4.78 is 0. The second-order valence-corrected chi connectivity index (χ2v) is 4.70. The van der Waals surface area contributed by atoms with Crippen LogP contribution in [0.4, 0.5) is 5.82 Å². The quantitative estimate of drug-likeness (QED) is 0.700. The lowest BCUT2D eigenvalue weighted by molar-refractivity contribution is -0.119. The molecule has 4 N–H and O–H groups in total. The number of hydrogen-bond acceptors (Lipinski definition) is 4. The minimum absolute atomic E-state index is 0.0723. The normalized spacial score (nSPS) is 13.2. The number of rotatable bonds is 2. The van der Waals surface area contributed by atoms with Gasteiger partial charge in [-0.05, 0) is 17.5 Å². The Balaban J connectivity index is 2.76. The molecular formula is C11H17N3O2. The van der Waals surface area contributed by atoms with Gasteiger partial charge < -0.3 is 16.2 Å². The van der Waals surface area contributed by atoms with Crippen molar-refractivity contribution in [3.63, 3.8) is 0 Å². The SMILES string of the molecule is CC(C)(C)[C@H](N)C(=O)Nc1ncccc1O. The molecule has 5 heteroatoms. The number of nitrogens with zero attached hydrogens (tertiary/aromatic N) is 1. The van der Waals surface area contributed by atoms with E-state index in [0.29, 0.717) is 0 Å². The molecule has 0 radical (unpaired) electrons. The van der Waals surface area contributed by atoms with E-state index in [1.807, 2.05) is 20.8 Å². The minimum Gasteiger partial charge on any atom is -0.504 e. The van der Waals surface area contributed by atoms with Crippen molar-refractivity contribution in [3.05, 3.63) is 18.3 Å². The Hall–Kier alpha value is -1.62. The summed E-state index contributed by atoms with van der Waals surface area (Å²) in [6, 6.07) is 2.37. The van der Waals surface area contributed by atoms with Gasteiger partial charge in [0.25, 0.3) is 0 Å². The highest BCUT2D eigenvalue weighted by Gasteiger charge is 2.28. The van der Waals surface area contributed by atoms with Crippen LogP contribution < -0.4 is 11.1 Å². The van der Waals surface area contributed by atoms with Gasteiger partial charge in [0, 0.05) is 6.20 Å². The monoisotopic (exact) mass is 223 g/mol. The highest BCUT2D eigenvalue weighted by Crippen LogP contribution is 2.21. The van der Waals surface area contributed by atoms with Crippen LogP contribution in [0.25, 0.3) is 0 Å². The molecule has 0 aliphatic rings. The number of carbonyl (C=O) groups is 1. The van der Waals surface area contributed by atoms with Crippen LogP contribution in [0.3, 0.4) is 0 Å². The molecule has 0 aliphatic heterocycles. The summed E-state index contributed by atoms with van der Waals surface area (Å²) in [5, 5.41) is 11.9. The van der Waals surface area contributed by atoms with Crippen molar-refractivity contribution in [1.82, 2.24) is 4.98 Å². The molecule has 88 valence electrons. The Labute approximate surface area is 94.7 Å². The van der Waals surface area contributed by atoms with Crippen molar-refractivity contribution in [2.24, 2.45) is 11.1 Å². The van der Waals surface area contributed by atoms with E-state index in [1.54, 1.807) is 6.07 Å². The summed E-state index contributed by atoms with van der Waals surface area (Å²) in [7, 11) is 0. The molecule has 1 rings (SSSR count). The lowest BCUT2D eigenvalue weighted by Gasteiger charge is -2.25. The average Bonchev–Trinajstić information content (AvgIpc) is 2.19. The predicted molar refractivity (Wildman–Crippen MR) is 62.0 cm³/mol. The molecule has 0 aromatic carbocycles. The van der Waals surface area contributed by atoms with Gasteiger partial charge in [-0.2, -0.15) is 0 Å². The summed E-state index contributed by atoms with van der Waals surface area (Å²) >= 11 is 0. The molecule has 1 atom stereocenters. The lowest BCUT2D eigenvalue weighted by atomic mass is 9.87. The van der Waals surface area contributed by atoms with Gasteiger partial charge in [0.2, 0.25) is 5.91 Å². The summed E-state index contributed by atoms with van der Waals surface area (Å²) in [6.45, 7) is 5.61. The molecule has 0 spiro atoms. The highest BCUT2D eigenvalue weighted by atomic mass is 16.3. The number of amides is 1. The fourth-order valence-electron chi connectivity index (χ4n) is 1.08. The smallest absolute Gasteiger partial charge is 0.243 e. The fourth-order valence-corrected chi connectivity index (χ4v) is 1.08. The maximum absolute atomic E-state index is 11.7. The fraction of sp³-hybridized carbons (Fsp3) is 0.455. The van der Waals surface area contributed by atoms with Gasteiger partial charge >= 0.3 is 0 Å². The van der Waals surface area contributed by atoms with Crippen LogP contribution in [-0.4, -0.2) is 22.0 Å². The number of anilines is 1. The van der Waals surface area contributed by atoms with E-state index in [0.717, 1.165) is 0 Å². The Morgan fingerprint density at radius 2 is 2.19 bits per heavy atom. The molecular weight excluding hydrogens is 206 g/mol. The van der Waals surface area contributed by atoms with E-state index in [9.17, 15) is 9.90 Å². The zero-order valence-electron chi connectivity index (χ0n) is 9.69. The third kappa shape index (κ3) is 2.93. The van der Waals surface area contributed by atoms with Gasteiger partial charge in [-0.15, -0.1) is 0 Å². The first-order valence-corrected chi connectivity index (χ1v) is 5.03. The zero-order chi connectivity index (χ0) is 12.3. The summed E-state index contributed by atoms with van der Waals surface area (Å²) in [5.41, 5.74) is 5.43. The van der Waals surface area contributed by atoms with Gasteiger partial charge in [-0.25, -0.2) is 4.98 Å². The maximum Gasteiger partial charge on any atom is 0.243 e. The van der Waals surface area contributed by atoms with Gasteiger partial charge in [0.15, 0.2) is 11.6 Å². The maximum atomic E-state index is 11.7. The number of carbonyl (C=O) groups excluding carboxylic acids is 1. The molecule has 1 heterocycles. The highest BCUT2D eigenvalue weighted by molar-refractivity contribution is 5.95. The number of aromatic nitrogens is 1. The second-order valence-electron chi connectivity index (χ2n) is 4.70. The van der Waals surface area contributed by atoms with Gasteiger partial charge in [0.1, 0.15) is 0 Å². The van der Waals surface area contributed by atoms with E-state index in [1.165, 1.54) is 12.3 Å². The molecule has 0 saturated carbocycles. The number of hydrogen-bond donors (Lipinski definition) is 3. The third-order valence-electron chi connectivity index (χ3n) is 2.24. The summed E-state index contributed by atoms with van der Waals surface area (Å²) in [5.74, 6) is -0.300. The Bertz CT molecular complexity index is 385. The topological polar surface area (TPSA) is 88.2 Å².